The zero-order valence-corrected chi connectivity index (χ0v) is 15.8. The third-order valence-corrected chi connectivity index (χ3v) is 5.13. The third-order valence-electron chi connectivity index (χ3n) is 4.89. The van der Waals surface area contributed by atoms with E-state index in [0.717, 1.165) is 5.56 Å². The molecule has 0 bridgehead atoms. The van der Waals surface area contributed by atoms with Gasteiger partial charge < -0.3 is 15.2 Å². The first kappa shape index (κ1) is 19.2. The van der Waals surface area contributed by atoms with Crippen molar-refractivity contribution in [2.75, 3.05) is 6.61 Å². The van der Waals surface area contributed by atoms with Crippen LogP contribution in [0.2, 0.25) is 5.02 Å². The fourth-order valence-electron chi connectivity index (χ4n) is 2.94. The Bertz CT molecular complexity index is 831. The Morgan fingerprint density at radius 3 is 2.52 bits per heavy atom. The molecular formula is C21H22ClNO4. The first-order chi connectivity index (χ1) is 12.9. The van der Waals surface area contributed by atoms with Crippen molar-refractivity contribution in [1.82, 2.24) is 5.32 Å². The molecule has 0 heterocycles. The van der Waals surface area contributed by atoms with Gasteiger partial charge in [0.25, 0.3) is 5.91 Å². The number of hydrogen-bond donors (Lipinski definition) is 2. The Hall–Kier alpha value is -2.53. The number of hydrogen-bond acceptors (Lipinski definition) is 3. The quantitative estimate of drug-likeness (QED) is 0.721. The Balaban J connectivity index is 1.70. The number of carbonyl (C=O) groups excluding carboxylic acids is 1. The number of halogens is 1. The molecule has 1 unspecified atom stereocenters. The van der Waals surface area contributed by atoms with Gasteiger partial charge in [-0.2, -0.15) is 0 Å². The molecule has 1 aliphatic carbocycles. The summed E-state index contributed by atoms with van der Waals surface area (Å²) in [5.74, 6) is -0.179. The van der Waals surface area contributed by atoms with Crippen molar-refractivity contribution in [3.05, 3.63) is 64.2 Å². The lowest BCUT2D eigenvalue weighted by Gasteiger charge is -2.25. The molecular weight excluding hydrogens is 366 g/mol. The summed E-state index contributed by atoms with van der Waals surface area (Å²) < 4.78 is 5.86. The van der Waals surface area contributed by atoms with E-state index in [9.17, 15) is 9.59 Å². The second-order valence-electron chi connectivity index (χ2n) is 6.87. The van der Waals surface area contributed by atoms with Gasteiger partial charge in [0, 0.05) is 5.02 Å². The van der Waals surface area contributed by atoms with Gasteiger partial charge in [-0.15, -0.1) is 0 Å². The van der Waals surface area contributed by atoms with Crippen molar-refractivity contribution in [3.8, 4) is 5.75 Å². The third kappa shape index (κ3) is 4.80. The molecule has 1 atom stereocenters. The fraction of sp³-hybridized carbons (Fsp3) is 0.333. The summed E-state index contributed by atoms with van der Waals surface area (Å²) in [6.45, 7) is 2.45. The van der Waals surface area contributed by atoms with Crippen molar-refractivity contribution in [2.24, 2.45) is 5.92 Å². The molecule has 0 aromatic heterocycles. The standard InChI is InChI=1S/C21H22ClNO4/c1-13(15-5-7-16(8-6-15)21(25)26)23-20(24)18-11-17(22)9-10-19(18)27-12-14-3-2-4-14/h5-11,13-14H,2-4,12H2,1H3,(H,23,24)(H,25,26). The summed E-state index contributed by atoms with van der Waals surface area (Å²) in [4.78, 5) is 23.7. The zero-order valence-electron chi connectivity index (χ0n) is 15.1. The molecule has 1 saturated carbocycles. The summed E-state index contributed by atoms with van der Waals surface area (Å²) >= 11 is 6.07. The molecule has 0 aliphatic heterocycles. The smallest absolute Gasteiger partial charge is 0.335 e. The molecule has 2 N–H and O–H groups in total. The van der Waals surface area contributed by atoms with E-state index in [1.54, 1.807) is 30.3 Å². The minimum Gasteiger partial charge on any atom is -0.492 e. The molecule has 27 heavy (non-hydrogen) atoms. The van der Waals surface area contributed by atoms with Gasteiger partial charge in [-0.1, -0.05) is 30.2 Å². The SMILES string of the molecule is CC(NC(=O)c1cc(Cl)ccc1OCC1CCC1)c1ccc(C(=O)O)cc1. The minimum absolute atomic E-state index is 0.207. The number of rotatable bonds is 7. The van der Waals surface area contributed by atoms with Gasteiger partial charge in [0.15, 0.2) is 0 Å². The van der Waals surface area contributed by atoms with E-state index in [4.69, 9.17) is 21.4 Å². The van der Waals surface area contributed by atoms with Crippen LogP contribution in [0.15, 0.2) is 42.5 Å². The molecule has 2 aromatic rings. The van der Waals surface area contributed by atoms with Crippen molar-refractivity contribution in [3.63, 3.8) is 0 Å². The lowest BCUT2D eigenvalue weighted by molar-refractivity contribution is 0.0696. The van der Waals surface area contributed by atoms with Crippen molar-refractivity contribution < 1.29 is 19.4 Å². The molecule has 1 amide bonds. The van der Waals surface area contributed by atoms with Crippen LogP contribution in [-0.2, 0) is 0 Å². The molecule has 0 spiro atoms. The lowest BCUT2D eigenvalue weighted by atomic mass is 9.86. The van der Waals surface area contributed by atoms with Crippen LogP contribution in [0, 0.1) is 5.92 Å². The topological polar surface area (TPSA) is 75.6 Å². The van der Waals surface area contributed by atoms with Crippen LogP contribution in [0.4, 0.5) is 0 Å². The van der Waals surface area contributed by atoms with Crippen LogP contribution in [0.1, 0.15) is 58.5 Å². The number of nitrogens with one attached hydrogen (secondary N) is 1. The average molecular weight is 388 g/mol. The highest BCUT2D eigenvalue weighted by atomic mass is 35.5. The molecule has 2 aromatic carbocycles. The lowest BCUT2D eigenvalue weighted by Crippen LogP contribution is -2.27. The Kier molecular flexibility index (Phi) is 6.01. The Morgan fingerprint density at radius 2 is 1.93 bits per heavy atom. The Morgan fingerprint density at radius 1 is 1.22 bits per heavy atom. The van der Waals surface area contributed by atoms with Gasteiger partial charge in [-0.3, -0.25) is 4.79 Å². The van der Waals surface area contributed by atoms with E-state index in [2.05, 4.69) is 5.32 Å². The highest BCUT2D eigenvalue weighted by Gasteiger charge is 2.21. The fourth-order valence-corrected chi connectivity index (χ4v) is 3.12. The predicted octanol–water partition coefficient (Wildman–Crippen LogP) is 4.71. The number of carboxylic acids is 1. The summed E-state index contributed by atoms with van der Waals surface area (Å²) in [6.07, 6.45) is 3.57. The maximum absolute atomic E-state index is 12.8. The van der Waals surface area contributed by atoms with Crippen LogP contribution >= 0.6 is 11.6 Å². The van der Waals surface area contributed by atoms with Crippen LogP contribution in [0.25, 0.3) is 0 Å². The van der Waals surface area contributed by atoms with E-state index in [-0.39, 0.29) is 17.5 Å². The number of aromatic carboxylic acids is 1. The normalized spacial score (nSPS) is 14.9. The second kappa shape index (κ2) is 8.44. The summed E-state index contributed by atoms with van der Waals surface area (Å²) in [5.41, 5.74) is 1.42. The maximum atomic E-state index is 12.8. The van der Waals surface area contributed by atoms with Gasteiger partial charge in [0.1, 0.15) is 5.75 Å². The van der Waals surface area contributed by atoms with E-state index in [0.29, 0.717) is 28.9 Å². The molecule has 1 aliphatic rings. The molecule has 0 saturated heterocycles. The number of carboxylic acid groups (broad SMARTS) is 1. The van der Waals surface area contributed by atoms with Gasteiger partial charge in [-0.05, 0) is 61.6 Å². The first-order valence-electron chi connectivity index (χ1n) is 9.00. The van der Waals surface area contributed by atoms with Crippen LogP contribution in [0.5, 0.6) is 5.75 Å². The van der Waals surface area contributed by atoms with Crippen molar-refractivity contribution in [1.29, 1.82) is 0 Å². The number of benzene rings is 2. The highest BCUT2D eigenvalue weighted by molar-refractivity contribution is 6.31. The molecule has 1 fully saturated rings. The largest absolute Gasteiger partial charge is 0.492 e. The molecule has 0 radical (unpaired) electrons. The number of ether oxygens (including phenoxy) is 1. The van der Waals surface area contributed by atoms with Gasteiger partial charge in [0.05, 0.1) is 23.8 Å². The molecule has 5 nitrogen and oxygen atoms in total. The minimum atomic E-state index is -0.981. The second-order valence-corrected chi connectivity index (χ2v) is 7.31. The molecule has 6 heteroatoms. The van der Waals surface area contributed by atoms with E-state index in [1.165, 1.54) is 31.4 Å². The van der Waals surface area contributed by atoms with E-state index >= 15 is 0 Å². The van der Waals surface area contributed by atoms with Crippen LogP contribution < -0.4 is 10.1 Å². The van der Waals surface area contributed by atoms with E-state index < -0.39 is 5.97 Å². The predicted molar refractivity (Wildman–Crippen MR) is 104 cm³/mol. The zero-order chi connectivity index (χ0) is 19.4. The van der Waals surface area contributed by atoms with Crippen LogP contribution in [-0.4, -0.2) is 23.6 Å². The van der Waals surface area contributed by atoms with Crippen molar-refractivity contribution >= 4 is 23.5 Å². The average Bonchev–Trinajstić information content (AvgIpc) is 2.61. The first-order valence-corrected chi connectivity index (χ1v) is 9.38. The molecule has 3 rings (SSSR count). The van der Waals surface area contributed by atoms with E-state index in [1.807, 2.05) is 6.92 Å². The summed E-state index contributed by atoms with van der Waals surface area (Å²) in [7, 11) is 0. The maximum Gasteiger partial charge on any atom is 0.335 e. The summed E-state index contributed by atoms with van der Waals surface area (Å²) in [6, 6.07) is 11.2. The monoisotopic (exact) mass is 387 g/mol. The van der Waals surface area contributed by atoms with Crippen LogP contribution in [0.3, 0.4) is 0 Å². The highest BCUT2D eigenvalue weighted by Crippen LogP contribution is 2.29. The number of carbonyl (C=O) groups is 2. The van der Waals surface area contributed by atoms with Gasteiger partial charge in [0.2, 0.25) is 0 Å². The van der Waals surface area contributed by atoms with Crippen molar-refractivity contribution in [2.45, 2.75) is 32.2 Å². The molecule has 142 valence electrons. The van der Waals surface area contributed by atoms with Gasteiger partial charge in [-0.25, -0.2) is 4.79 Å². The Labute approximate surface area is 163 Å². The summed E-state index contributed by atoms with van der Waals surface area (Å²) in [5, 5.41) is 12.4. The van der Waals surface area contributed by atoms with Gasteiger partial charge >= 0.3 is 5.97 Å². The number of amides is 1.